The predicted molar refractivity (Wildman–Crippen MR) is 73.5 cm³/mol. The van der Waals surface area contributed by atoms with Gasteiger partial charge in [-0.15, -0.1) is 0 Å². The van der Waals surface area contributed by atoms with Crippen LogP contribution in [0, 0.1) is 5.41 Å². The van der Waals surface area contributed by atoms with Crippen LogP contribution in [0.5, 0.6) is 0 Å². The first-order valence-corrected chi connectivity index (χ1v) is 7.60. The lowest BCUT2D eigenvalue weighted by atomic mass is 9.73. The number of carbonyl (C=O) groups is 1. The molecule has 20 heavy (non-hydrogen) atoms. The average molecular weight is 283 g/mol. The van der Waals surface area contributed by atoms with Crippen molar-refractivity contribution in [3.63, 3.8) is 0 Å². The van der Waals surface area contributed by atoms with Gasteiger partial charge in [-0.3, -0.25) is 9.69 Å². The first-order chi connectivity index (χ1) is 9.65. The third kappa shape index (κ3) is 2.16. The van der Waals surface area contributed by atoms with Gasteiger partial charge in [0.1, 0.15) is 6.04 Å². The van der Waals surface area contributed by atoms with Gasteiger partial charge in [-0.1, -0.05) is 0 Å². The zero-order valence-electron chi connectivity index (χ0n) is 12.5. The first-order valence-electron chi connectivity index (χ1n) is 7.60. The summed E-state index contributed by atoms with van der Waals surface area (Å²) in [6.07, 6.45) is 5.24. The maximum absolute atomic E-state index is 12.3. The summed E-state index contributed by atoms with van der Waals surface area (Å²) in [6, 6.07) is -0.258. The molecular weight excluding hydrogens is 258 g/mol. The Kier molecular flexibility index (Phi) is 3.77. The van der Waals surface area contributed by atoms with Crippen molar-refractivity contribution in [1.29, 1.82) is 0 Å². The van der Waals surface area contributed by atoms with Crippen LogP contribution in [0.4, 0.5) is 0 Å². The van der Waals surface area contributed by atoms with E-state index >= 15 is 0 Å². The lowest BCUT2D eigenvalue weighted by Crippen LogP contribution is -2.61. The van der Waals surface area contributed by atoms with Crippen molar-refractivity contribution >= 4 is 5.97 Å². The molecule has 1 spiro atoms. The Hall–Kier alpha value is -0.650. The number of hydrogen-bond acceptors (Lipinski definition) is 5. The molecule has 0 radical (unpaired) electrons. The first kappa shape index (κ1) is 14.3. The van der Waals surface area contributed by atoms with E-state index in [9.17, 15) is 4.79 Å². The van der Waals surface area contributed by atoms with Gasteiger partial charge < -0.3 is 14.2 Å². The molecule has 2 atom stereocenters. The number of likely N-dealkylation sites (tertiary alicyclic amines) is 1. The fourth-order valence-corrected chi connectivity index (χ4v) is 4.08. The molecule has 3 rings (SSSR count). The molecule has 2 saturated heterocycles. The van der Waals surface area contributed by atoms with Gasteiger partial charge in [0.05, 0.1) is 19.3 Å². The number of rotatable bonds is 4. The van der Waals surface area contributed by atoms with Gasteiger partial charge in [0.25, 0.3) is 0 Å². The van der Waals surface area contributed by atoms with Gasteiger partial charge in [0.15, 0.2) is 0 Å². The monoisotopic (exact) mass is 283 g/mol. The molecular formula is C15H25NO4. The Morgan fingerprint density at radius 1 is 1.25 bits per heavy atom. The summed E-state index contributed by atoms with van der Waals surface area (Å²) in [5, 5.41) is 0. The summed E-state index contributed by atoms with van der Waals surface area (Å²) < 4.78 is 16.4. The Morgan fingerprint density at radius 2 is 2.05 bits per heavy atom. The second-order valence-corrected chi connectivity index (χ2v) is 6.57. The van der Waals surface area contributed by atoms with E-state index < -0.39 is 0 Å². The van der Waals surface area contributed by atoms with E-state index in [4.69, 9.17) is 14.2 Å². The van der Waals surface area contributed by atoms with Crippen LogP contribution in [0.15, 0.2) is 0 Å². The molecule has 5 heteroatoms. The molecule has 0 bridgehead atoms. The zero-order chi connectivity index (χ0) is 14.2. The summed E-state index contributed by atoms with van der Waals surface area (Å²) in [6.45, 7) is 3.55. The van der Waals surface area contributed by atoms with Crippen molar-refractivity contribution in [3.05, 3.63) is 0 Å². The van der Waals surface area contributed by atoms with Gasteiger partial charge in [-0.25, -0.2) is 0 Å². The van der Waals surface area contributed by atoms with Crippen molar-refractivity contribution in [2.75, 3.05) is 40.5 Å². The summed E-state index contributed by atoms with van der Waals surface area (Å²) in [7, 11) is 3.20. The van der Waals surface area contributed by atoms with Crippen LogP contribution in [0.25, 0.3) is 0 Å². The Balaban J connectivity index is 1.78. The highest BCUT2D eigenvalue weighted by molar-refractivity contribution is 5.77. The smallest absolute Gasteiger partial charge is 0.326 e. The number of nitrogens with zero attached hydrogens (tertiary/aromatic N) is 1. The highest BCUT2D eigenvalue weighted by Gasteiger charge is 2.55. The Labute approximate surface area is 120 Å². The third-order valence-electron chi connectivity index (χ3n) is 5.55. The number of carbonyl (C=O) groups excluding carboxylic acids is 1. The molecule has 0 aromatic rings. The second-order valence-electron chi connectivity index (χ2n) is 6.57. The van der Waals surface area contributed by atoms with E-state index in [1.807, 2.05) is 0 Å². The Bertz CT molecular complexity index is 369. The van der Waals surface area contributed by atoms with Crippen LogP contribution in [0.2, 0.25) is 0 Å². The second kappa shape index (κ2) is 5.28. The predicted octanol–water partition coefficient (Wildman–Crippen LogP) is 1.21. The highest BCUT2D eigenvalue weighted by Crippen LogP contribution is 2.45. The van der Waals surface area contributed by atoms with Crippen LogP contribution in [0.3, 0.4) is 0 Å². The largest absolute Gasteiger partial charge is 0.468 e. The zero-order valence-corrected chi connectivity index (χ0v) is 12.5. The Morgan fingerprint density at radius 3 is 2.55 bits per heavy atom. The minimum atomic E-state index is -0.335. The van der Waals surface area contributed by atoms with Gasteiger partial charge in [-0.05, 0) is 38.6 Å². The molecule has 0 aromatic heterocycles. The number of hydrogen-bond donors (Lipinski definition) is 0. The van der Waals surface area contributed by atoms with Crippen LogP contribution in [-0.4, -0.2) is 63.0 Å². The van der Waals surface area contributed by atoms with Gasteiger partial charge >= 0.3 is 5.97 Å². The molecule has 0 N–H and O–H groups in total. The topological polar surface area (TPSA) is 48.0 Å². The highest BCUT2D eigenvalue weighted by atomic mass is 16.5. The summed E-state index contributed by atoms with van der Waals surface area (Å²) in [5.41, 5.74) is -0.0803. The molecule has 114 valence electrons. The normalized spacial score (nSPS) is 34.1. The standard InChI is InChI=1S/C15H25NO4/c1-18-13(17)12(15(19-2)4-3-5-15)16-8-6-14(10-16)7-9-20-11-14/h12H,3-11H2,1-2H3/t12-,14+/m1/s1. The number of methoxy groups -OCH3 is 2. The van der Waals surface area contributed by atoms with E-state index in [-0.39, 0.29) is 23.0 Å². The minimum Gasteiger partial charge on any atom is -0.468 e. The van der Waals surface area contributed by atoms with E-state index in [1.54, 1.807) is 7.11 Å². The summed E-state index contributed by atoms with van der Waals surface area (Å²) >= 11 is 0. The molecule has 2 aliphatic heterocycles. The molecule has 2 heterocycles. The molecule has 1 aliphatic carbocycles. The third-order valence-corrected chi connectivity index (χ3v) is 5.55. The van der Waals surface area contributed by atoms with Crippen LogP contribution < -0.4 is 0 Å². The van der Waals surface area contributed by atoms with Crippen molar-refractivity contribution < 1.29 is 19.0 Å². The maximum atomic E-state index is 12.3. The molecule has 3 aliphatic rings. The van der Waals surface area contributed by atoms with Crippen molar-refractivity contribution in [2.24, 2.45) is 5.41 Å². The quantitative estimate of drug-likeness (QED) is 0.726. The van der Waals surface area contributed by atoms with E-state index in [0.717, 1.165) is 58.4 Å². The van der Waals surface area contributed by atoms with Crippen LogP contribution >= 0.6 is 0 Å². The van der Waals surface area contributed by atoms with Gasteiger partial charge in [0, 0.05) is 25.7 Å². The van der Waals surface area contributed by atoms with Crippen molar-refractivity contribution in [1.82, 2.24) is 4.90 Å². The van der Waals surface area contributed by atoms with Crippen molar-refractivity contribution in [2.45, 2.75) is 43.7 Å². The molecule has 1 saturated carbocycles. The molecule has 3 fully saturated rings. The fourth-order valence-electron chi connectivity index (χ4n) is 4.08. The fraction of sp³-hybridized carbons (Fsp3) is 0.933. The molecule has 0 aromatic carbocycles. The van der Waals surface area contributed by atoms with Gasteiger partial charge in [0.2, 0.25) is 0 Å². The lowest BCUT2D eigenvalue weighted by molar-refractivity contribution is -0.173. The van der Waals surface area contributed by atoms with Crippen LogP contribution in [0.1, 0.15) is 32.1 Å². The van der Waals surface area contributed by atoms with E-state index in [0.29, 0.717) is 0 Å². The van der Waals surface area contributed by atoms with Gasteiger partial charge in [-0.2, -0.15) is 0 Å². The van der Waals surface area contributed by atoms with Crippen molar-refractivity contribution in [3.8, 4) is 0 Å². The van der Waals surface area contributed by atoms with E-state index in [2.05, 4.69) is 4.90 Å². The SMILES string of the molecule is COC(=O)[C@@H](N1CC[C@]2(CCOC2)C1)C1(OC)CCC1. The van der Waals surface area contributed by atoms with E-state index in [1.165, 1.54) is 7.11 Å². The number of esters is 1. The lowest BCUT2D eigenvalue weighted by Gasteiger charge is -2.48. The average Bonchev–Trinajstić information content (AvgIpc) is 3.04. The molecule has 0 amide bonds. The van der Waals surface area contributed by atoms with Crippen LogP contribution in [-0.2, 0) is 19.0 Å². The molecule has 0 unspecified atom stereocenters. The minimum absolute atomic E-state index is 0.150. The number of ether oxygens (including phenoxy) is 3. The molecule has 5 nitrogen and oxygen atoms in total. The summed E-state index contributed by atoms with van der Waals surface area (Å²) in [4.78, 5) is 14.6. The summed E-state index contributed by atoms with van der Waals surface area (Å²) in [5.74, 6) is -0.150. The maximum Gasteiger partial charge on any atom is 0.326 e.